The van der Waals surface area contributed by atoms with E-state index in [2.05, 4.69) is 15.3 Å². The van der Waals surface area contributed by atoms with Crippen molar-refractivity contribution in [1.29, 1.82) is 0 Å². The Balaban J connectivity index is 0.00000256. The summed E-state index contributed by atoms with van der Waals surface area (Å²) in [4.78, 5) is 22.2. The van der Waals surface area contributed by atoms with Crippen LogP contribution in [0.25, 0.3) is 0 Å². The second kappa shape index (κ2) is 11.8. The van der Waals surface area contributed by atoms with Crippen LogP contribution in [0.1, 0.15) is 29.3 Å². The predicted molar refractivity (Wildman–Crippen MR) is 111 cm³/mol. The molecule has 1 amide bonds. The van der Waals surface area contributed by atoms with Gasteiger partial charge in [0.2, 0.25) is 0 Å². The standard InChI is InChI=1S/C19H19F5N4OS.CH3.Cs/c1-11-10-28(6-4-18(11,20)21)16-14(7-12(9-26-16)19(22,23)24)17(29)27-13-3-5-25-15(8-13)30-2;;/h3,5,7-9,11H,4,6,10H2,1-2H3,(H,25,27,29);1H3;/q;-1;+1. The summed E-state index contributed by atoms with van der Waals surface area (Å²) in [7, 11) is 0. The molecule has 0 radical (unpaired) electrons. The molecule has 12 heteroatoms. The van der Waals surface area contributed by atoms with Crippen LogP contribution in [0.15, 0.2) is 35.6 Å². The summed E-state index contributed by atoms with van der Waals surface area (Å²) in [5.41, 5.74) is -1.07. The van der Waals surface area contributed by atoms with Crippen LogP contribution in [0.3, 0.4) is 0 Å². The zero-order valence-corrected chi connectivity index (χ0v) is 25.2. The summed E-state index contributed by atoms with van der Waals surface area (Å²) < 4.78 is 67.3. The molecule has 3 heterocycles. The molecule has 0 spiro atoms. The van der Waals surface area contributed by atoms with Crippen LogP contribution in [-0.4, -0.2) is 41.1 Å². The number of nitrogens with one attached hydrogen (secondary N) is 1. The number of nitrogens with zero attached hydrogens (tertiary/aromatic N) is 3. The fraction of sp³-hybridized carbons (Fsp3) is 0.400. The van der Waals surface area contributed by atoms with Crippen molar-refractivity contribution in [3.05, 3.63) is 49.1 Å². The number of hydrogen-bond donors (Lipinski definition) is 1. The van der Waals surface area contributed by atoms with Crippen LogP contribution in [0.4, 0.5) is 33.5 Å². The number of anilines is 2. The molecule has 1 N–H and O–H groups in total. The molecule has 32 heavy (non-hydrogen) atoms. The average Bonchev–Trinajstić information content (AvgIpc) is 2.69. The van der Waals surface area contributed by atoms with Crippen molar-refractivity contribution in [2.75, 3.05) is 29.6 Å². The van der Waals surface area contributed by atoms with Gasteiger partial charge in [0.25, 0.3) is 11.8 Å². The monoisotopic (exact) mass is 594 g/mol. The minimum Gasteiger partial charge on any atom is -0.358 e. The Morgan fingerprint density at radius 1 is 1.28 bits per heavy atom. The maximum absolute atomic E-state index is 13.8. The zero-order chi connectivity index (χ0) is 22.1. The number of amides is 1. The quantitative estimate of drug-likeness (QED) is 0.335. The fourth-order valence-electron chi connectivity index (χ4n) is 3.11. The van der Waals surface area contributed by atoms with Crippen molar-refractivity contribution in [3.8, 4) is 0 Å². The van der Waals surface area contributed by atoms with E-state index in [1.54, 1.807) is 12.3 Å². The molecule has 0 aliphatic carbocycles. The van der Waals surface area contributed by atoms with Gasteiger partial charge in [-0.1, -0.05) is 6.92 Å². The third kappa shape index (κ3) is 7.06. The third-order valence-corrected chi connectivity index (χ3v) is 5.51. The normalized spacial score (nSPS) is 17.7. The van der Waals surface area contributed by atoms with Gasteiger partial charge in [0.05, 0.1) is 16.2 Å². The second-order valence-electron chi connectivity index (χ2n) is 6.99. The van der Waals surface area contributed by atoms with Crippen molar-refractivity contribution in [2.24, 2.45) is 5.92 Å². The van der Waals surface area contributed by atoms with E-state index in [1.165, 1.54) is 35.8 Å². The van der Waals surface area contributed by atoms with Gasteiger partial charge in [-0.25, -0.2) is 18.7 Å². The number of carbonyl (C=O) groups excluding carboxylic acids is 1. The largest absolute Gasteiger partial charge is 1.00 e. The van der Waals surface area contributed by atoms with E-state index in [1.807, 2.05) is 0 Å². The average molecular weight is 594 g/mol. The van der Waals surface area contributed by atoms with E-state index >= 15 is 0 Å². The van der Waals surface area contributed by atoms with Crippen LogP contribution in [0.2, 0.25) is 0 Å². The van der Waals surface area contributed by atoms with E-state index in [0.29, 0.717) is 23.0 Å². The van der Waals surface area contributed by atoms with Gasteiger partial charge in [-0.3, -0.25) is 4.79 Å². The number of hydrogen-bond acceptors (Lipinski definition) is 5. The summed E-state index contributed by atoms with van der Waals surface area (Å²) in [6.45, 7) is 1.11. The first-order valence-corrected chi connectivity index (χ1v) is 10.2. The van der Waals surface area contributed by atoms with Crippen LogP contribution >= 0.6 is 11.8 Å². The Morgan fingerprint density at radius 3 is 2.56 bits per heavy atom. The van der Waals surface area contributed by atoms with Gasteiger partial charge in [0.15, 0.2) is 0 Å². The first-order chi connectivity index (χ1) is 14.0. The van der Waals surface area contributed by atoms with E-state index in [-0.39, 0.29) is 101 Å². The Morgan fingerprint density at radius 2 is 1.97 bits per heavy atom. The Bertz CT molecular complexity index is 944. The molecule has 3 rings (SSSR count). The minimum absolute atomic E-state index is 0. The first kappa shape index (κ1) is 29.7. The van der Waals surface area contributed by atoms with Crippen molar-refractivity contribution in [1.82, 2.24) is 9.97 Å². The number of piperidine rings is 1. The van der Waals surface area contributed by atoms with Gasteiger partial charge in [-0.05, 0) is 24.5 Å². The topological polar surface area (TPSA) is 58.1 Å². The molecule has 5 nitrogen and oxygen atoms in total. The SMILES string of the molecule is CSc1cc(NC(=O)c2cc(C(F)(F)F)cnc2N2CCC(F)(F)C(C)C2)ccn1.[CH3-].[Cs+]. The number of rotatable bonds is 4. The molecule has 2 aromatic heterocycles. The van der Waals surface area contributed by atoms with E-state index in [0.717, 1.165) is 0 Å². The van der Waals surface area contributed by atoms with Crippen molar-refractivity contribution < 1.29 is 95.6 Å². The van der Waals surface area contributed by atoms with Gasteiger partial charge >= 0.3 is 75.1 Å². The van der Waals surface area contributed by atoms with Gasteiger partial charge in [-0.15, -0.1) is 11.8 Å². The molecular formula is C20H22CsF5N4OS. The fourth-order valence-corrected chi connectivity index (χ4v) is 3.52. The van der Waals surface area contributed by atoms with Crippen LogP contribution in [0, 0.1) is 13.3 Å². The Labute approximate surface area is 246 Å². The third-order valence-electron chi connectivity index (χ3n) is 4.87. The first-order valence-electron chi connectivity index (χ1n) is 9.02. The summed E-state index contributed by atoms with van der Waals surface area (Å²) in [6.07, 6.45) is -1.32. The molecule has 0 saturated carbocycles. The van der Waals surface area contributed by atoms with E-state index < -0.39 is 35.9 Å². The summed E-state index contributed by atoms with van der Waals surface area (Å²) >= 11 is 1.33. The summed E-state index contributed by atoms with van der Waals surface area (Å²) in [6, 6.07) is 3.78. The molecule has 1 aliphatic heterocycles. The number of carbonyl (C=O) groups is 1. The minimum atomic E-state index is -4.70. The van der Waals surface area contributed by atoms with Crippen molar-refractivity contribution >= 4 is 29.2 Å². The molecule has 0 bridgehead atoms. The van der Waals surface area contributed by atoms with Gasteiger partial charge in [-0.2, -0.15) is 13.2 Å². The molecule has 1 atom stereocenters. The zero-order valence-electron chi connectivity index (χ0n) is 18.1. The molecule has 1 aliphatic rings. The molecule has 1 fully saturated rings. The number of thioether (sulfide) groups is 1. The number of pyridine rings is 2. The van der Waals surface area contributed by atoms with Gasteiger partial charge < -0.3 is 17.6 Å². The Hall–Kier alpha value is -0.378. The van der Waals surface area contributed by atoms with E-state index in [4.69, 9.17) is 0 Å². The van der Waals surface area contributed by atoms with Gasteiger partial charge in [0, 0.05) is 43.5 Å². The van der Waals surface area contributed by atoms with E-state index in [9.17, 15) is 26.7 Å². The second-order valence-corrected chi connectivity index (χ2v) is 7.82. The van der Waals surface area contributed by atoms with Crippen molar-refractivity contribution in [2.45, 2.75) is 30.5 Å². The maximum Gasteiger partial charge on any atom is 1.00 e. The van der Waals surface area contributed by atoms with Crippen LogP contribution in [-0.2, 0) is 6.18 Å². The predicted octanol–water partition coefficient (Wildman–Crippen LogP) is 2.41. The number of alkyl halides is 5. The molecule has 1 saturated heterocycles. The van der Waals surface area contributed by atoms with Crippen LogP contribution < -0.4 is 79.1 Å². The van der Waals surface area contributed by atoms with Crippen LogP contribution in [0.5, 0.6) is 0 Å². The molecule has 170 valence electrons. The molecular weight excluding hydrogens is 572 g/mol. The summed E-state index contributed by atoms with van der Waals surface area (Å²) in [5.74, 6) is -4.78. The smallest absolute Gasteiger partial charge is 0.358 e. The Kier molecular flexibility index (Phi) is 11.0. The maximum atomic E-state index is 13.8. The molecule has 0 aromatic carbocycles. The molecule has 2 aromatic rings. The molecule has 1 unspecified atom stereocenters. The number of halogens is 5. The summed E-state index contributed by atoms with van der Waals surface area (Å²) in [5, 5.41) is 3.16. The van der Waals surface area contributed by atoms with Crippen molar-refractivity contribution in [3.63, 3.8) is 0 Å². The number of aromatic nitrogens is 2. The van der Waals surface area contributed by atoms with Gasteiger partial charge in [0.1, 0.15) is 5.82 Å².